The Labute approximate surface area is 302 Å². The van der Waals surface area contributed by atoms with Gasteiger partial charge in [-0.3, -0.25) is 0 Å². The van der Waals surface area contributed by atoms with E-state index >= 15 is 0 Å². The fraction of sp³-hybridized carbons (Fsp3) is 0.0426. The molecule has 0 aliphatic rings. The van der Waals surface area contributed by atoms with Gasteiger partial charge in [0, 0.05) is 16.7 Å². The number of nitrogens with one attached hydrogen (secondary N) is 2. The van der Waals surface area contributed by atoms with Crippen molar-refractivity contribution in [3.63, 3.8) is 0 Å². The molecule has 0 atom stereocenters. The number of allylic oxidation sites excluding steroid dienone is 2. The first-order chi connectivity index (χ1) is 24.9. The van der Waals surface area contributed by atoms with Crippen molar-refractivity contribution in [1.82, 2.24) is 4.98 Å². The Bertz CT molecular complexity index is 2630. The van der Waals surface area contributed by atoms with E-state index in [2.05, 4.69) is 117 Å². The molecule has 244 valence electrons. The van der Waals surface area contributed by atoms with E-state index in [-0.39, 0.29) is 0 Å². The Morgan fingerprint density at radius 3 is 2.04 bits per heavy atom. The number of hydrogen-bond acceptors (Lipinski definition) is 4. The molecular weight excluding hydrogens is 639 g/mol. The molecule has 0 radical (unpaired) electrons. The quantitative estimate of drug-likeness (QED) is 0.155. The number of aryl methyl sites for hydroxylation is 2. The maximum Gasteiger partial charge on any atom is 0.124 e. The van der Waals surface area contributed by atoms with Crippen molar-refractivity contribution in [2.24, 2.45) is 0 Å². The Kier molecular flexibility index (Phi) is 8.52. The third-order valence-corrected chi connectivity index (χ3v) is 10.4. The second-order valence-corrected chi connectivity index (χ2v) is 13.9. The molecule has 8 aromatic rings. The van der Waals surface area contributed by atoms with E-state index in [4.69, 9.17) is 10.4 Å². The van der Waals surface area contributed by atoms with Gasteiger partial charge in [0.1, 0.15) is 5.01 Å². The van der Waals surface area contributed by atoms with Crippen LogP contribution in [0, 0.1) is 24.7 Å². The molecule has 8 rings (SSSR count). The summed E-state index contributed by atoms with van der Waals surface area (Å²) in [4.78, 5) is 5.20. The normalized spacial score (nSPS) is 11.4. The van der Waals surface area contributed by atoms with Crippen molar-refractivity contribution < 1.29 is 0 Å². The zero-order chi connectivity index (χ0) is 34.9. The smallest absolute Gasteiger partial charge is 0.124 e. The van der Waals surface area contributed by atoms with Crippen LogP contribution in [0.5, 0.6) is 0 Å². The summed E-state index contributed by atoms with van der Waals surface area (Å²) < 4.78 is 1.17. The van der Waals surface area contributed by atoms with Gasteiger partial charge >= 0.3 is 0 Å². The van der Waals surface area contributed by atoms with Crippen LogP contribution in [0.2, 0.25) is 0 Å². The third-order valence-electron chi connectivity index (χ3n) is 9.29. The van der Waals surface area contributed by atoms with Crippen molar-refractivity contribution in [3.05, 3.63) is 186 Å². The Morgan fingerprint density at radius 2 is 1.22 bits per heavy atom. The molecule has 2 N–H and O–H groups in total. The predicted molar refractivity (Wildman–Crippen MR) is 218 cm³/mol. The van der Waals surface area contributed by atoms with Gasteiger partial charge in [-0.2, -0.15) is 0 Å². The van der Waals surface area contributed by atoms with Crippen LogP contribution in [0.15, 0.2) is 164 Å². The average Bonchev–Trinajstić information content (AvgIpc) is 3.61. The molecule has 0 amide bonds. The van der Waals surface area contributed by atoms with Crippen molar-refractivity contribution in [2.45, 2.75) is 13.8 Å². The molecule has 0 spiro atoms. The zero-order valence-corrected chi connectivity index (χ0v) is 29.3. The van der Waals surface area contributed by atoms with Crippen molar-refractivity contribution in [3.8, 4) is 44.0 Å². The van der Waals surface area contributed by atoms with Gasteiger partial charge in [0.25, 0.3) is 0 Å². The van der Waals surface area contributed by atoms with Gasteiger partial charge in [0.15, 0.2) is 0 Å². The summed E-state index contributed by atoms with van der Waals surface area (Å²) in [5, 5.41) is 21.1. The van der Waals surface area contributed by atoms with E-state index in [1.165, 1.54) is 15.8 Å². The van der Waals surface area contributed by atoms with Gasteiger partial charge in [0.05, 0.1) is 21.6 Å². The van der Waals surface area contributed by atoms with Gasteiger partial charge in [-0.05, 0) is 94.4 Å². The van der Waals surface area contributed by atoms with Crippen LogP contribution >= 0.6 is 11.3 Å². The summed E-state index contributed by atoms with van der Waals surface area (Å²) in [6.45, 7) is 4.27. The standard InChI is InChI=1S/C47H35N3S/c1-30-26-31(2)28-36(27-30)47-50-46-39(20-11-21-44(46)51-47)35-16-10-15-34(29-35)38-23-22-32-12-6-7-17-37(32)45(38)41-19-9-8-18-40(41)43(49)25-24-42(48)33-13-4-3-5-14-33/h3-29,48-49H,1-2H3/b25-24-,48-42?,49-43?. The van der Waals surface area contributed by atoms with Gasteiger partial charge in [-0.1, -0.05) is 139 Å². The average molecular weight is 674 g/mol. The number of thiazole rings is 1. The highest BCUT2D eigenvalue weighted by molar-refractivity contribution is 7.21. The minimum absolute atomic E-state index is 0.355. The molecule has 0 unspecified atom stereocenters. The van der Waals surface area contributed by atoms with E-state index in [1.54, 1.807) is 23.5 Å². The van der Waals surface area contributed by atoms with Gasteiger partial charge < -0.3 is 10.8 Å². The summed E-state index contributed by atoms with van der Waals surface area (Å²) in [6.07, 6.45) is 3.45. The van der Waals surface area contributed by atoms with Crippen LogP contribution < -0.4 is 0 Å². The lowest BCUT2D eigenvalue weighted by Crippen LogP contribution is -2.01. The van der Waals surface area contributed by atoms with E-state index < -0.39 is 0 Å². The molecule has 51 heavy (non-hydrogen) atoms. The number of para-hydroxylation sites is 1. The lowest BCUT2D eigenvalue weighted by atomic mass is 9.86. The van der Waals surface area contributed by atoms with Crippen LogP contribution in [-0.4, -0.2) is 16.4 Å². The molecule has 3 nitrogen and oxygen atoms in total. The summed E-state index contributed by atoms with van der Waals surface area (Å²) in [6, 6.07) is 52.5. The SMILES string of the molecule is Cc1cc(C)cc(-c2nc3c(-c4cccc(-c5ccc6ccccc6c5-c5ccccc5C(=N)/C=C\C(=N)c5ccccc5)c4)cccc3s2)c1. The predicted octanol–water partition coefficient (Wildman–Crippen LogP) is 12.7. The molecule has 7 aromatic carbocycles. The number of fused-ring (bicyclic) bond motifs is 2. The molecule has 0 saturated carbocycles. The zero-order valence-electron chi connectivity index (χ0n) is 28.4. The topological polar surface area (TPSA) is 60.6 Å². The van der Waals surface area contributed by atoms with Crippen molar-refractivity contribution in [1.29, 1.82) is 10.8 Å². The van der Waals surface area contributed by atoms with Gasteiger partial charge in [0.2, 0.25) is 0 Å². The fourth-order valence-corrected chi connectivity index (χ4v) is 7.95. The first kappa shape index (κ1) is 32.0. The summed E-state index contributed by atoms with van der Waals surface area (Å²) in [5.74, 6) is 0. The van der Waals surface area contributed by atoms with Crippen LogP contribution in [0.4, 0.5) is 0 Å². The maximum absolute atomic E-state index is 9.18. The third kappa shape index (κ3) is 6.34. The van der Waals surface area contributed by atoms with E-state index in [9.17, 15) is 5.41 Å². The molecule has 0 saturated heterocycles. The van der Waals surface area contributed by atoms with Gasteiger partial charge in [-0.15, -0.1) is 11.3 Å². The van der Waals surface area contributed by atoms with E-state index in [0.29, 0.717) is 11.4 Å². The van der Waals surface area contributed by atoms with Crippen molar-refractivity contribution in [2.75, 3.05) is 0 Å². The van der Waals surface area contributed by atoms with E-state index in [0.717, 1.165) is 71.4 Å². The number of benzene rings is 7. The number of hydrogen-bond donors (Lipinski definition) is 2. The highest BCUT2D eigenvalue weighted by atomic mass is 32.1. The van der Waals surface area contributed by atoms with Crippen LogP contribution in [0.1, 0.15) is 22.3 Å². The Morgan fingerprint density at radius 1 is 0.549 bits per heavy atom. The second-order valence-electron chi connectivity index (χ2n) is 12.9. The number of aromatic nitrogens is 1. The molecule has 0 aliphatic heterocycles. The first-order valence-corrected chi connectivity index (χ1v) is 17.9. The van der Waals surface area contributed by atoms with Crippen LogP contribution in [-0.2, 0) is 0 Å². The summed E-state index contributed by atoms with van der Waals surface area (Å²) in [7, 11) is 0. The van der Waals surface area contributed by atoms with Crippen LogP contribution in [0.3, 0.4) is 0 Å². The Balaban J connectivity index is 1.24. The molecule has 1 aromatic heterocycles. The highest BCUT2D eigenvalue weighted by Crippen LogP contribution is 2.42. The summed E-state index contributed by atoms with van der Waals surface area (Å²) >= 11 is 1.74. The molecule has 4 heteroatoms. The fourth-order valence-electron chi connectivity index (χ4n) is 6.97. The minimum atomic E-state index is 0.355. The van der Waals surface area contributed by atoms with Gasteiger partial charge in [-0.25, -0.2) is 4.98 Å². The summed E-state index contributed by atoms with van der Waals surface area (Å²) in [5.41, 5.74) is 13.5. The number of rotatable bonds is 8. The van der Waals surface area contributed by atoms with Crippen LogP contribution in [0.25, 0.3) is 64.9 Å². The van der Waals surface area contributed by atoms with Crippen molar-refractivity contribution >= 4 is 43.7 Å². The lowest BCUT2D eigenvalue weighted by molar-refractivity contribution is 1.37. The maximum atomic E-state index is 9.18. The molecular formula is C47H35N3S. The number of nitrogens with zero attached hydrogens (tertiary/aromatic N) is 1. The first-order valence-electron chi connectivity index (χ1n) is 17.0. The Hall–Kier alpha value is -6.23. The molecule has 0 fully saturated rings. The minimum Gasteiger partial charge on any atom is -0.300 e. The second kappa shape index (κ2) is 13.6. The molecule has 0 aliphatic carbocycles. The lowest BCUT2D eigenvalue weighted by Gasteiger charge is -2.18. The highest BCUT2D eigenvalue weighted by Gasteiger charge is 2.18. The molecule has 0 bridgehead atoms. The monoisotopic (exact) mass is 673 g/mol. The van der Waals surface area contributed by atoms with E-state index in [1.807, 2.05) is 48.5 Å². The molecule has 1 heterocycles. The largest absolute Gasteiger partial charge is 0.300 e.